The van der Waals surface area contributed by atoms with Crippen LogP contribution < -0.4 is 5.32 Å². The molecule has 6 nitrogen and oxygen atoms in total. The van der Waals surface area contributed by atoms with Gasteiger partial charge in [-0.3, -0.25) is 14.7 Å². The zero-order valence-electron chi connectivity index (χ0n) is 17.4. The van der Waals surface area contributed by atoms with Gasteiger partial charge in [0.25, 0.3) is 5.91 Å². The van der Waals surface area contributed by atoms with Crippen molar-refractivity contribution in [3.05, 3.63) is 59.2 Å². The molecule has 1 aromatic heterocycles. The van der Waals surface area contributed by atoms with Gasteiger partial charge in [-0.05, 0) is 31.4 Å². The molecule has 1 saturated heterocycles. The van der Waals surface area contributed by atoms with Gasteiger partial charge >= 0.3 is 0 Å². The van der Waals surface area contributed by atoms with Crippen molar-refractivity contribution in [1.29, 1.82) is 0 Å². The van der Waals surface area contributed by atoms with Crippen LogP contribution in [0.15, 0.2) is 36.7 Å². The Bertz CT molecular complexity index is 933. The third-order valence-electron chi connectivity index (χ3n) is 6.15. The van der Waals surface area contributed by atoms with E-state index in [1.165, 1.54) is 6.20 Å². The van der Waals surface area contributed by atoms with Gasteiger partial charge in [-0.2, -0.15) is 0 Å². The fraction of sp³-hybridized carbons (Fsp3) is 0.458. The number of amides is 1. The van der Waals surface area contributed by atoms with Crippen LogP contribution >= 0.6 is 0 Å². The van der Waals surface area contributed by atoms with Gasteiger partial charge < -0.3 is 10.1 Å². The second kappa shape index (κ2) is 8.95. The highest BCUT2D eigenvalue weighted by Gasteiger charge is 2.46. The highest BCUT2D eigenvalue weighted by atomic mass is 16.5. The summed E-state index contributed by atoms with van der Waals surface area (Å²) in [5.74, 6) is 2.60. The van der Waals surface area contributed by atoms with Crippen molar-refractivity contribution in [3.63, 3.8) is 0 Å². The summed E-state index contributed by atoms with van der Waals surface area (Å²) in [4.78, 5) is 23.6. The average Bonchev–Trinajstić information content (AvgIpc) is 2.76. The molecule has 1 saturated carbocycles. The second-order valence-electron chi connectivity index (χ2n) is 8.24. The fourth-order valence-corrected chi connectivity index (χ4v) is 4.57. The molecule has 6 heteroatoms. The summed E-state index contributed by atoms with van der Waals surface area (Å²) in [6, 6.07) is 8.02. The Morgan fingerprint density at radius 3 is 3.00 bits per heavy atom. The van der Waals surface area contributed by atoms with Gasteiger partial charge in [0, 0.05) is 31.4 Å². The van der Waals surface area contributed by atoms with Crippen molar-refractivity contribution >= 4 is 5.91 Å². The molecular formula is C24H28N4O2. The maximum atomic E-state index is 12.8. The maximum Gasteiger partial charge on any atom is 0.271 e. The van der Waals surface area contributed by atoms with E-state index in [2.05, 4.69) is 32.2 Å². The van der Waals surface area contributed by atoms with Crippen LogP contribution in [0, 0.1) is 19.3 Å². The Kier molecular flexibility index (Phi) is 6.12. The van der Waals surface area contributed by atoms with E-state index in [4.69, 9.17) is 11.2 Å². The topological polar surface area (TPSA) is 67.3 Å². The molecule has 1 amide bonds. The number of aromatic nitrogens is 2. The summed E-state index contributed by atoms with van der Waals surface area (Å²) < 4.78 is 6.37. The Morgan fingerprint density at radius 2 is 2.20 bits per heavy atom. The maximum absolute atomic E-state index is 12.8. The van der Waals surface area contributed by atoms with Crippen molar-refractivity contribution in [2.24, 2.45) is 0 Å². The van der Waals surface area contributed by atoms with Gasteiger partial charge in [-0.1, -0.05) is 37.0 Å². The molecule has 2 aliphatic rings. The largest absolute Gasteiger partial charge is 0.370 e. The van der Waals surface area contributed by atoms with Crippen molar-refractivity contribution in [1.82, 2.24) is 20.2 Å². The normalized spacial score (nSPS) is 24.3. The Balaban J connectivity index is 1.49. The van der Waals surface area contributed by atoms with Gasteiger partial charge in [0.05, 0.1) is 24.5 Å². The third kappa shape index (κ3) is 4.38. The molecule has 1 spiro atoms. The smallest absolute Gasteiger partial charge is 0.271 e. The lowest BCUT2D eigenvalue weighted by atomic mass is 9.78. The average molecular weight is 405 g/mol. The summed E-state index contributed by atoms with van der Waals surface area (Å²) in [6.07, 6.45) is 12.9. The second-order valence-corrected chi connectivity index (χ2v) is 8.24. The van der Waals surface area contributed by atoms with E-state index in [9.17, 15) is 4.79 Å². The monoisotopic (exact) mass is 404 g/mol. The van der Waals surface area contributed by atoms with Crippen LogP contribution in [0.25, 0.3) is 0 Å². The number of nitrogens with one attached hydrogen (secondary N) is 1. The van der Waals surface area contributed by atoms with Gasteiger partial charge in [0.2, 0.25) is 0 Å². The molecule has 2 fully saturated rings. The first kappa shape index (κ1) is 20.5. The molecule has 0 unspecified atom stereocenters. The fourth-order valence-electron chi connectivity index (χ4n) is 4.57. The summed E-state index contributed by atoms with van der Waals surface area (Å²) in [5.41, 5.74) is 2.85. The summed E-state index contributed by atoms with van der Waals surface area (Å²) in [7, 11) is 0. The zero-order valence-corrected chi connectivity index (χ0v) is 17.4. The first-order valence-electron chi connectivity index (χ1n) is 10.6. The van der Waals surface area contributed by atoms with E-state index in [-0.39, 0.29) is 17.6 Å². The number of benzene rings is 1. The van der Waals surface area contributed by atoms with E-state index in [0.717, 1.165) is 62.1 Å². The Hall–Kier alpha value is -2.75. The highest BCUT2D eigenvalue weighted by Crippen LogP contribution is 2.35. The standard InChI is InChI=1S/C24H28N4O2/c1-3-19-8-4-5-9-20(19)16-28-12-13-30-24(17-28)11-7-6-10-22(24)27-23(29)21-15-25-18(2)14-26-21/h1,4-5,8-9,14-15,22H,6-7,10-13,16-17H2,2H3,(H,27,29)/t22-,24+/m1/s1. The van der Waals surface area contributed by atoms with Crippen LogP contribution in [0.5, 0.6) is 0 Å². The lowest BCUT2D eigenvalue weighted by Crippen LogP contribution is -2.64. The van der Waals surface area contributed by atoms with Crippen LogP contribution in [0.4, 0.5) is 0 Å². The Morgan fingerprint density at radius 1 is 1.33 bits per heavy atom. The third-order valence-corrected chi connectivity index (χ3v) is 6.15. The van der Waals surface area contributed by atoms with E-state index in [0.29, 0.717) is 12.3 Å². The van der Waals surface area contributed by atoms with Crippen LogP contribution in [-0.4, -0.2) is 52.1 Å². The summed E-state index contributed by atoms with van der Waals surface area (Å²) in [6.45, 7) is 4.92. The SMILES string of the molecule is C#Cc1ccccc1CN1CCO[C@@]2(CCCC[C@H]2NC(=O)c2cnc(C)cn2)C1. The minimum atomic E-state index is -0.380. The molecule has 4 rings (SSSR count). The van der Waals surface area contributed by atoms with E-state index in [1.807, 2.05) is 25.1 Å². The van der Waals surface area contributed by atoms with E-state index < -0.39 is 0 Å². The van der Waals surface area contributed by atoms with E-state index in [1.54, 1.807) is 6.20 Å². The van der Waals surface area contributed by atoms with Crippen molar-refractivity contribution in [2.75, 3.05) is 19.7 Å². The molecule has 2 atom stereocenters. The van der Waals surface area contributed by atoms with Crippen LogP contribution in [0.2, 0.25) is 0 Å². The molecule has 0 radical (unpaired) electrons. The number of hydrogen-bond acceptors (Lipinski definition) is 5. The minimum absolute atomic E-state index is 0.0486. The van der Waals surface area contributed by atoms with Gasteiger partial charge in [0.1, 0.15) is 11.3 Å². The summed E-state index contributed by atoms with van der Waals surface area (Å²) >= 11 is 0. The molecule has 2 aromatic rings. The summed E-state index contributed by atoms with van der Waals surface area (Å²) in [5, 5.41) is 3.20. The number of aryl methyl sites for hydroxylation is 1. The first-order valence-corrected chi connectivity index (χ1v) is 10.6. The molecule has 156 valence electrons. The zero-order chi connectivity index (χ0) is 21.0. The number of hydrogen-bond donors (Lipinski definition) is 1. The van der Waals surface area contributed by atoms with Crippen molar-refractivity contribution < 1.29 is 9.53 Å². The lowest BCUT2D eigenvalue weighted by Gasteiger charge is -2.49. The van der Waals surface area contributed by atoms with Crippen molar-refractivity contribution in [2.45, 2.75) is 50.8 Å². The molecule has 2 heterocycles. The number of carbonyl (C=O) groups is 1. The predicted octanol–water partition coefficient (Wildman–Crippen LogP) is 2.71. The number of nitrogens with zero attached hydrogens (tertiary/aromatic N) is 3. The molecular weight excluding hydrogens is 376 g/mol. The van der Waals surface area contributed by atoms with Crippen molar-refractivity contribution in [3.8, 4) is 12.3 Å². The number of terminal acetylenes is 1. The Labute approximate surface area is 178 Å². The minimum Gasteiger partial charge on any atom is -0.370 e. The number of rotatable bonds is 4. The van der Waals surface area contributed by atoms with Crippen LogP contribution in [0.1, 0.15) is 53.0 Å². The lowest BCUT2D eigenvalue weighted by molar-refractivity contribution is -0.143. The molecule has 1 aromatic carbocycles. The van der Waals surface area contributed by atoms with Gasteiger partial charge in [-0.15, -0.1) is 6.42 Å². The van der Waals surface area contributed by atoms with Crippen LogP contribution in [0.3, 0.4) is 0 Å². The molecule has 1 N–H and O–H groups in total. The highest BCUT2D eigenvalue weighted by molar-refractivity contribution is 5.92. The van der Waals surface area contributed by atoms with Gasteiger partial charge in [-0.25, -0.2) is 4.98 Å². The van der Waals surface area contributed by atoms with E-state index >= 15 is 0 Å². The molecule has 30 heavy (non-hydrogen) atoms. The number of ether oxygens (including phenoxy) is 1. The number of morpholine rings is 1. The molecule has 0 bridgehead atoms. The van der Waals surface area contributed by atoms with Gasteiger partial charge in [0.15, 0.2) is 0 Å². The number of carbonyl (C=O) groups excluding carboxylic acids is 1. The molecule has 1 aliphatic carbocycles. The predicted molar refractivity (Wildman–Crippen MR) is 115 cm³/mol. The van der Waals surface area contributed by atoms with Crippen LogP contribution in [-0.2, 0) is 11.3 Å². The molecule has 1 aliphatic heterocycles. The first-order chi connectivity index (χ1) is 14.6. The quantitative estimate of drug-likeness (QED) is 0.794.